The molecule has 0 aliphatic heterocycles. The van der Waals surface area contributed by atoms with E-state index in [1.54, 1.807) is 24.3 Å². The molecule has 1 aromatic rings. The summed E-state index contributed by atoms with van der Waals surface area (Å²) in [6.45, 7) is 7.76. The highest BCUT2D eigenvalue weighted by molar-refractivity contribution is 7.86. The SMILES string of the molecule is CC(=O)OC1CCC2[C@@H](OS(=O)(=O)c3ccc(C)cc3)C[C@@H]3[C@H](CC[C@]4(C)C(=O)CC[C@@H]34)[C@@]2(C)C1. The maximum atomic E-state index is 13.4. The smallest absolute Gasteiger partial charge is 0.302 e. The molecule has 4 aliphatic rings. The van der Waals surface area contributed by atoms with E-state index in [1.807, 2.05) is 6.92 Å². The monoisotopic (exact) mass is 502 g/mol. The fraction of sp³-hybridized carbons (Fsp3) is 0.714. The Morgan fingerprint density at radius 2 is 1.71 bits per heavy atom. The third kappa shape index (κ3) is 4.16. The molecule has 4 aliphatic carbocycles. The highest BCUT2D eigenvalue weighted by Crippen LogP contribution is 2.66. The number of carbonyl (C=O) groups excluding carboxylic acids is 2. The van der Waals surface area contributed by atoms with Crippen LogP contribution >= 0.6 is 0 Å². The van der Waals surface area contributed by atoms with E-state index in [9.17, 15) is 18.0 Å². The van der Waals surface area contributed by atoms with Crippen molar-refractivity contribution in [3.63, 3.8) is 0 Å². The Morgan fingerprint density at radius 3 is 2.40 bits per heavy atom. The number of fused-ring (bicyclic) bond motifs is 5. The summed E-state index contributed by atoms with van der Waals surface area (Å²) in [5.74, 6) is 1.02. The Balaban J connectivity index is 1.50. The van der Waals surface area contributed by atoms with Gasteiger partial charge in [0.1, 0.15) is 11.9 Å². The van der Waals surface area contributed by atoms with Gasteiger partial charge in [-0.2, -0.15) is 8.42 Å². The number of carbonyl (C=O) groups is 2. The first kappa shape index (κ1) is 24.9. The van der Waals surface area contributed by atoms with Crippen molar-refractivity contribution in [3.8, 4) is 0 Å². The second-order valence-corrected chi connectivity index (χ2v) is 13.6. The number of ether oxygens (including phenoxy) is 1. The minimum Gasteiger partial charge on any atom is -0.463 e. The fourth-order valence-electron chi connectivity index (χ4n) is 8.48. The maximum Gasteiger partial charge on any atom is 0.302 e. The van der Waals surface area contributed by atoms with Gasteiger partial charge >= 0.3 is 5.97 Å². The highest BCUT2D eigenvalue weighted by Gasteiger charge is 2.63. The van der Waals surface area contributed by atoms with Gasteiger partial charge in [-0.15, -0.1) is 0 Å². The van der Waals surface area contributed by atoms with E-state index in [2.05, 4.69) is 13.8 Å². The van der Waals surface area contributed by atoms with Gasteiger partial charge in [-0.25, -0.2) is 0 Å². The summed E-state index contributed by atoms with van der Waals surface area (Å²) in [6.07, 6.45) is 5.64. The first-order valence-electron chi connectivity index (χ1n) is 13.1. The number of rotatable bonds is 4. The van der Waals surface area contributed by atoms with Crippen LogP contribution in [0.5, 0.6) is 0 Å². The number of benzene rings is 1. The van der Waals surface area contributed by atoms with Crippen molar-refractivity contribution >= 4 is 21.9 Å². The second kappa shape index (κ2) is 8.69. The van der Waals surface area contributed by atoms with Gasteiger partial charge in [0, 0.05) is 18.8 Å². The Morgan fingerprint density at radius 1 is 1.00 bits per heavy atom. The van der Waals surface area contributed by atoms with Crippen molar-refractivity contribution < 1.29 is 26.9 Å². The van der Waals surface area contributed by atoms with E-state index in [1.165, 1.54) is 6.92 Å². The van der Waals surface area contributed by atoms with Crippen molar-refractivity contribution in [2.45, 2.75) is 96.2 Å². The lowest BCUT2D eigenvalue weighted by Gasteiger charge is -2.61. The summed E-state index contributed by atoms with van der Waals surface area (Å²) in [5.41, 5.74) is 0.476. The fourth-order valence-corrected chi connectivity index (χ4v) is 9.60. The molecule has 0 N–H and O–H groups in total. The molecular weight excluding hydrogens is 464 g/mol. The van der Waals surface area contributed by atoms with Crippen molar-refractivity contribution in [3.05, 3.63) is 29.8 Å². The standard InChI is InChI=1S/C28H38O6S/c1-17-5-8-20(9-6-17)35(31,32)34-25-15-21-22-11-12-26(30)27(22,3)14-13-23(21)28(4)16-19(33-18(2)29)7-10-24(25)28/h5-6,8-9,19,21-25H,7,10-16H2,1-4H3/t19?,21-,22-,23-,24?,25-,27-,28+/m0/s1. The average molecular weight is 503 g/mol. The zero-order valence-electron chi connectivity index (χ0n) is 21.3. The summed E-state index contributed by atoms with van der Waals surface area (Å²) in [7, 11) is -3.92. The molecule has 0 aromatic heterocycles. The zero-order chi connectivity index (χ0) is 25.2. The molecule has 8 atom stereocenters. The average Bonchev–Trinajstić information content (AvgIpc) is 3.08. The predicted molar refractivity (Wildman–Crippen MR) is 131 cm³/mol. The van der Waals surface area contributed by atoms with Gasteiger partial charge in [0.2, 0.25) is 0 Å². The normalized spacial score (nSPS) is 41.0. The third-order valence-electron chi connectivity index (χ3n) is 10.2. The van der Waals surface area contributed by atoms with Crippen molar-refractivity contribution in [2.24, 2.45) is 34.5 Å². The van der Waals surface area contributed by atoms with E-state index in [-0.39, 0.29) is 45.6 Å². The van der Waals surface area contributed by atoms with E-state index < -0.39 is 16.2 Å². The number of hydrogen-bond acceptors (Lipinski definition) is 6. The molecule has 4 saturated carbocycles. The van der Waals surface area contributed by atoms with Crippen LogP contribution in [0, 0.1) is 41.4 Å². The number of aryl methyl sites for hydroxylation is 1. The summed E-state index contributed by atoms with van der Waals surface area (Å²) in [6, 6.07) is 6.80. The van der Waals surface area contributed by atoms with Crippen molar-refractivity contribution in [1.29, 1.82) is 0 Å². The Hall–Kier alpha value is -1.73. The van der Waals surface area contributed by atoms with Crippen LogP contribution in [0.4, 0.5) is 0 Å². The van der Waals surface area contributed by atoms with E-state index in [0.717, 1.165) is 44.1 Å². The molecule has 2 unspecified atom stereocenters. The van der Waals surface area contributed by atoms with Crippen LogP contribution in [0.1, 0.15) is 77.7 Å². The lowest BCUT2D eigenvalue weighted by molar-refractivity contribution is -0.178. The molecule has 7 heteroatoms. The van der Waals surface area contributed by atoms with Gasteiger partial charge in [-0.3, -0.25) is 13.8 Å². The zero-order valence-corrected chi connectivity index (χ0v) is 22.1. The Kier molecular flexibility index (Phi) is 6.19. The van der Waals surface area contributed by atoms with Gasteiger partial charge in [-0.1, -0.05) is 31.5 Å². The quantitative estimate of drug-likeness (QED) is 0.414. The lowest BCUT2D eigenvalue weighted by Crippen LogP contribution is -2.59. The number of esters is 1. The van der Waals surface area contributed by atoms with E-state index in [4.69, 9.17) is 8.92 Å². The first-order chi connectivity index (χ1) is 16.4. The molecule has 1 aromatic carbocycles. The summed E-state index contributed by atoms with van der Waals surface area (Å²) < 4.78 is 38.5. The summed E-state index contributed by atoms with van der Waals surface area (Å²) >= 11 is 0. The Bertz CT molecular complexity index is 1110. The maximum absolute atomic E-state index is 13.4. The molecule has 5 rings (SSSR count). The van der Waals surface area contributed by atoms with Crippen LogP contribution in [0.3, 0.4) is 0 Å². The van der Waals surface area contributed by atoms with Crippen molar-refractivity contribution in [2.75, 3.05) is 0 Å². The van der Waals surface area contributed by atoms with Gasteiger partial charge in [0.05, 0.1) is 11.0 Å². The third-order valence-corrected chi connectivity index (χ3v) is 11.5. The minimum absolute atomic E-state index is 0.0669. The molecule has 0 spiro atoms. The van der Waals surface area contributed by atoms with Crippen LogP contribution in [0.15, 0.2) is 29.2 Å². The molecule has 0 heterocycles. The van der Waals surface area contributed by atoms with Crippen molar-refractivity contribution in [1.82, 2.24) is 0 Å². The van der Waals surface area contributed by atoms with Crippen LogP contribution in [0.2, 0.25) is 0 Å². The number of hydrogen-bond donors (Lipinski definition) is 0. The molecule has 0 saturated heterocycles. The van der Waals surface area contributed by atoms with Gasteiger partial charge in [0.25, 0.3) is 10.1 Å². The van der Waals surface area contributed by atoms with E-state index in [0.29, 0.717) is 24.5 Å². The number of Topliss-reactive ketones (excluding diaryl/α,β-unsaturated/α-hetero) is 1. The molecular formula is C28H38O6S. The van der Waals surface area contributed by atoms with Gasteiger partial charge < -0.3 is 4.74 Å². The number of ketones is 1. The molecule has 0 bridgehead atoms. The predicted octanol–water partition coefficient (Wildman–Crippen LogP) is 5.22. The highest BCUT2D eigenvalue weighted by atomic mass is 32.2. The van der Waals surface area contributed by atoms with Crippen LogP contribution in [-0.2, 0) is 28.6 Å². The largest absolute Gasteiger partial charge is 0.463 e. The molecule has 0 radical (unpaired) electrons. The molecule has 6 nitrogen and oxygen atoms in total. The topological polar surface area (TPSA) is 86.7 Å². The summed E-state index contributed by atoms with van der Waals surface area (Å²) in [4.78, 5) is 24.8. The van der Waals surface area contributed by atoms with Gasteiger partial charge in [0.15, 0.2) is 0 Å². The van der Waals surface area contributed by atoms with Crippen LogP contribution in [-0.4, -0.2) is 32.4 Å². The lowest BCUT2D eigenvalue weighted by atomic mass is 9.44. The van der Waals surface area contributed by atoms with Gasteiger partial charge in [-0.05, 0) is 93.1 Å². The molecule has 0 amide bonds. The minimum atomic E-state index is -3.92. The molecule has 35 heavy (non-hydrogen) atoms. The van der Waals surface area contributed by atoms with Crippen LogP contribution < -0.4 is 0 Å². The molecule has 4 fully saturated rings. The summed E-state index contributed by atoms with van der Waals surface area (Å²) in [5, 5.41) is 0. The van der Waals surface area contributed by atoms with Crippen LogP contribution in [0.25, 0.3) is 0 Å². The Labute approximate surface area is 209 Å². The molecule has 192 valence electrons. The van der Waals surface area contributed by atoms with E-state index >= 15 is 0 Å². The first-order valence-corrected chi connectivity index (χ1v) is 14.6. The second-order valence-electron chi connectivity index (χ2n) is 12.1.